The van der Waals surface area contributed by atoms with Gasteiger partial charge in [0.1, 0.15) is 0 Å². The van der Waals surface area contributed by atoms with Crippen LogP contribution in [0.3, 0.4) is 0 Å². The molecule has 0 aliphatic rings. The van der Waals surface area contributed by atoms with Crippen molar-refractivity contribution in [1.29, 1.82) is 0 Å². The molecule has 0 aliphatic heterocycles. The molecule has 0 unspecified atom stereocenters. The minimum atomic E-state index is 0.125. The van der Waals surface area contributed by atoms with Crippen molar-refractivity contribution in [3.8, 4) is 0 Å². The van der Waals surface area contributed by atoms with E-state index in [4.69, 9.17) is 5.11 Å². The fraction of sp³-hybridized carbons (Fsp3) is 0.333. The number of rotatable bonds is 3. The molecule has 2 nitrogen and oxygen atoms in total. The highest BCUT2D eigenvalue weighted by Crippen LogP contribution is 2.03. The summed E-state index contributed by atoms with van der Waals surface area (Å²) in [4.78, 5) is 0. The van der Waals surface area contributed by atoms with Crippen molar-refractivity contribution in [2.45, 2.75) is 13.2 Å². The van der Waals surface area contributed by atoms with Crippen molar-refractivity contribution in [1.82, 2.24) is 5.32 Å². The Bertz CT molecular complexity index is 205. The van der Waals surface area contributed by atoms with Gasteiger partial charge >= 0.3 is 0 Å². The molecule has 0 aliphatic carbocycles. The molecular weight excluding hydrogens is 138 g/mol. The van der Waals surface area contributed by atoms with E-state index in [0.717, 1.165) is 12.1 Å². The summed E-state index contributed by atoms with van der Waals surface area (Å²) in [5, 5.41) is 11.8. The van der Waals surface area contributed by atoms with Crippen LogP contribution in [0.5, 0.6) is 0 Å². The summed E-state index contributed by atoms with van der Waals surface area (Å²) in [5.41, 5.74) is 2.20. The quantitative estimate of drug-likeness (QED) is 0.672. The van der Waals surface area contributed by atoms with Gasteiger partial charge in [-0.05, 0) is 18.2 Å². The lowest BCUT2D eigenvalue weighted by Gasteiger charge is -2.00. The van der Waals surface area contributed by atoms with Crippen LogP contribution in [0.2, 0.25) is 0 Å². The first kappa shape index (κ1) is 8.24. The second-order valence-electron chi connectivity index (χ2n) is 2.50. The maximum atomic E-state index is 8.74. The fourth-order valence-electron chi connectivity index (χ4n) is 0.967. The van der Waals surface area contributed by atoms with Crippen LogP contribution in [0.15, 0.2) is 24.3 Å². The second-order valence-corrected chi connectivity index (χ2v) is 2.50. The van der Waals surface area contributed by atoms with Gasteiger partial charge in [-0.25, -0.2) is 0 Å². The van der Waals surface area contributed by atoms with Gasteiger partial charge in [0.2, 0.25) is 0 Å². The summed E-state index contributed by atoms with van der Waals surface area (Å²) in [6, 6.07) is 7.91. The van der Waals surface area contributed by atoms with Gasteiger partial charge in [0, 0.05) is 6.54 Å². The van der Waals surface area contributed by atoms with Gasteiger partial charge in [0.05, 0.1) is 6.61 Å². The number of nitrogens with one attached hydrogen (secondary N) is 1. The van der Waals surface area contributed by atoms with Gasteiger partial charge in [0.25, 0.3) is 0 Å². The number of hydrogen-bond donors (Lipinski definition) is 2. The Kier molecular flexibility index (Phi) is 3.08. The van der Waals surface area contributed by atoms with E-state index in [0.29, 0.717) is 0 Å². The summed E-state index contributed by atoms with van der Waals surface area (Å²) < 4.78 is 0. The van der Waals surface area contributed by atoms with Crippen LogP contribution in [-0.2, 0) is 13.2 Å². The van der Waals surface area contributed by atoms with Gasteiger partial charge in [-0.2, -0.15) is 0 Å². The predicted molar refractivity (Wildman–Crippen MR) is 45.1 cm³/mol. The molecule has 0 amide bonds. The van der Waals surface area contributed by atoms with E-state index in [1.165, 1.54) is 5.56 Å². The Labute approximate surface area is 66.9 Å². The highest BCUT2D eigenvalue weighted by molar-refractivity contribution is 5.21. The Morgan fingerprint density at radius 2 is 1.73 bits per heavy atom. The van der Waals surface area contributed by atoms with Gasteiger partial charge in [0.15, 0.2) is 0 Å². The average molecular weight is 151 g/mol. The summed E-state index contributed by atoms with van der Waals surface area (Å²) >= 11 is 0. The van der Waals surface area contributed by atoms with Gasteiger partial charge in [-0.15, -0.1) is 0 Å². The van der Waals surface area contributed by atoms with Crippen LogP contribution in [0.25, 0.3) is 0 Å². The van der Waals surface area contributed by atoms with Crippen molar-refractivity contribution in [2.24, 2.45) is 0 Å². The van der Waals surface area contributed by atoms with Gasteiger partial charge in [-0.3, -0.25) is 0 Å². The molecule has 1 rings (SSSR count). The third-order valence-corrected chi connectivity index (χ3v) is 1.59. The lowest BCUT2D eigenvalue weighted by molar-refractivity contribution is 0.282. The number of aliphatic hydroxyl groups excluding tert-OH is 1. The van der Waals surface area contributed by atoms with Gasteiger partial charge in [-0.1, -0.05) is 24.3 Å². The van der Waals surface area contributed by atoms with E-state index < -0.39 is 0 Å². The highest BCUT2D eigenvalue weighted by Gasteiger charge is 1.90. The maximum absolute atomic E-state index is 8.74. The molecule has 2 heteroatoms. The van der Waals surface area contributed by atoms with Crippen molar-refractivity contribution >= 4 is 0 Å². The minimum Gasteiger partial charge on any atom is -0.392 e. The molecule has 0 spiro atoms. The molecule has 1 aromatic rings. The second kappa shape index (κ2) is 4.11. The molecule has 0 aromatic heterocycles. The van der Waals surface area contributed by atoms with Crippen molar-refractivity contribution in [3.05, 3.63) is 35.4 Å². The molecule has 0 radical (unpaired) electrons. The fourth-order valence-corrected chi connectivity index (χ4v) is 0.967. The Balaban J connectivity index is 2.66. The third kappa shape index (κ3) is 2.33. The number of hydrogen-bond acceptors (Lipinski definition) is 2. The molecule has 0 saturated heterocycles. The molecular formula is C9H13NO. The molecule has 0 bridgehead atoms. The third-order valence-electron chi connectivity index (χ3n) is 1.59. The van der Waals surface area contributed by atoms with Crippen LogP contribution in [0, 0.1) is 0 Å². The summed E-state index contributed by atoms with van der Waals surface area (Å²) in [7, 11) is 1.92. The molecule has 0 atom stereocenters. The first-order valence-corrected chi connectivity index (χ1v) is 3.70. The first-order chi connectivity index (χ1) is 5.36. The van der Waals surface area contributed by atoms with E-state index in [-0.39, 0.29) is 6.61 Å². The topological polar surface area (TPSA) is 32.3 Å². The van der Waals surface area contributed by atoms with E-state index in [1.54, 1.807) is 0 Å². The zero-order valence-corrected chi connectivity index (χ0v) is 6.67. The molecule has 0 saturated carbocycles. The maximum Gasteiger partial charge on any atom is 0.0681 e. The highest BCUT2D eigenvalue weighted by atomic mass is 16.3. The zero-order chi connectivity index (χ0) is 8.10. The van der Waals surface area contributed by atoms with Crippen LogP contribution in [-0.4, -0.2) is 12.2 Å². The predicted octanol–water partition coefficient (Wildman–Crippen LogP) is 0.898. The molecule has 0 heterocycles. The lowest BCUT2D eigenvalue weighted by Crippen LogP contribution is -2.04. The summed E-state index contributed by atoms with van der Waals surface area (Å²) in [6.45, 7) is 1.01. The van der Waals surface area contributed by atoms with Crippen LogP contribution in [0.4, 0.5) is 0 Å². The van der Waals surface area contributed by atoms with Crippen molar-refractivity contribution in [3.63, 3.8) is 0 Å². The van der Waals surface area contributed by atoms with E-state index in [1.807, 2.05) is 31.3 Å². The molecule has 0 fully saturated rings. The Morgan fingerprint density at radius 1 is 1.18 bits per heavy atom. The van der Waals surface area contributed by atoms with E-state index >= 15 is 0 Å². The Hall–Kier alpha value is -0.860. The largest absolute Gasteiger partial charge is 0.392 e. The van der Waals surface area contributed by atoms with Crippen molar-refractivity contribution in [2.75, 3.05) is 7.05 Å². The average Bonchev–Trinajstić information content (AvgIpc) is 2.07. The first-order valence-electron chi connectivity index (χ1n) is 3.70. The van der Waals surface area contributed by atoms with E-state index in [9.17, 15) is 0 Å². The van der Waals surface area contributed by atoms with Crippen LogP contribution >= 0.6 is 0 Å². The standard InChI is InChI=1S/C9H13NO/c1-10-6-8-2-4-9(7-11)5-3-8/h2-5,10-11H,6-7H2,1H3. The lowest BCUT2D eigenvalue weighted by atomic mass is 10.1. The normalized spacial score (nSPS) is 10.0. The molecule has 1 aromatic carbocycles. The Morgan fingerprint density at radius 3 is 2.18 bits per heavy atom. The van der Waals surface area contributed by atoms with Crippen molar-refractivity contribution < 1.29 is 5.11 Å². The number of aliphatic hydroxyl groups is 1. The molecule has 60 valence electrons. The zero-order valence-electron chi connectivity index (χ0n) is 6.67. The smallest absolute Gasteiger partial charge is 0.0681 e. The summed E-state index contributed by atoms with van der Waals surface area (Å²) in [6.07, 6.45) is 0. The molecule has 11 heavy (non-hydrogen) atoms. The van der Waals surface area contributed by atoms with Crippen LogP contribution in [0.1, 0.15) is 11.1 Å². The summed E-state index contributed by atoms with van der Waals surface area (Å²) in [5.74, 6) is 0. The van der Waals surface area contributed by atoms with Crippen LogP contribution < -0.4 is 5.32 Å². The minimum absolute atomic E-state index is 0.125. The SMILES string of the molecule is CNCc1ccc(CO)cc1. The number of benzene rings is 1. The van der Waals surface area contributed by atoms with E-state index in [2.05, 4.69) is 5.32 Å². The van der Waals surface area contributed by atoms with Gasteiger partial charge < -0.3 is 10.4 Å². The monoisotopic (exact) mass is 151 g/mol. The molecule has 2 N–H and O–H groups in total.